The Labute approximate surface area is 109 Å². The molecule has 2 heterocycles. The molecule has 0 radical (unpaired) electrons. The van der Waals surface area contributed by atoms with Gasteiger partial charge in [0, 0.05) is 17.6 Å². The number of hydrogen-bond acceptors (Lipinski definition) is 3. The number of benzene rings is 2. The van der Waals surface area contributed by atoms with Crippen molar-refractivity contribution in [3.05, 3.63) is 48.7 Å². The molecule has 0 unspecified atom stereocenters. The number of nitrogens with zero attached hydrogens (tertiary/aromatic N) is 3. The van der Waals surface area contributed by atoms with Crippen molar-refractivity contribution in [1.29, 1.82) is 0 Å². The first-order valence-corrected chi connectivity index (χ1v) is 6.07. The molecule has 4 heteroatoms. The van der Waals surface area contributed by atoms with E-state index >= 15 is 0 Å². The van der Waals surface area contributed by atoms with Gasteiger partial charge in [0.2, 0.25) is 5.78 Å². The van der Waals surface area contributed by atoms with E-state index in [-0.39, 0.29) is 0 Å². The lowest BCUT2D eigenvalue weighted by atomic mass is 10.2. The van der Waals surface area contributed by atoms with Crippen LogP contribution in [0.4, 0.5) is 0 Å². The molecule has 0 N–H and O–H groups in total. The number of methoxy groups -OCH3 is 1. The molecule has 4 rings (SSSR count). The van der Waals surface area contributed by atoms with Crippen molar-refractivity contribution in [2.75, 3.05) is 7.11 Å². The van der Waals surface area contributed by atoms with Crippen LogP contribution in [0, 0.1) is 0 Å². The Bertz CT molecular complexity index is 911. The van der Waals surface area contributed by atoms with Crippen LogP contribution >= 0.6 is 0 Å². The fraction of sp³-hybridized carbons (Fsp3) is 0.0667. The zero-order valence-electron chi connectivity index (χ0n) is 10.4. The van der Waals surface area contributed by atoms with Crippen molar-refractivity contribution >= 4 is 27.7 Å². The second-order valence-corrected chi connectivity index (χ2v) is 4.42. The largest absolute Gasteiger partial charge is 0.497 e. The fourth-order valence-electron chi connectivity index (χ4n) is 2.42. The molecule has 0 spiro atoms. The Hall–Kier alpha value is -2.62. The normalized spacial score (nSPS) is 11.4. The lowest BCUT2D eigenvalue weighted by Gasteiger charge is -2.05. The summed E-state index contributed by atoms with van der Waals surface area (Å²) in [5, 5.41) is 1.07. The minimum atomic E-state index is 0.710. The Kier molecular flexibility index (Phi) is 2.00. The SMILES string of the molecule is COc1ccc2cnc3nc4ccccc4n3c2c1. The van der Waals surface area contributed by atoms with Crippen molar-refractivity contribution in [1.82, 2.24) is 14.4 Å². The molecule has 0 bridgehead atoms. The molecule has 0 saturated carbocycles. The number of ether oxygens (including phenoxy) is 1. The quantitative estimate of drug-likeness (QED) is 0.520. The summed E-state index contributed by atoms with van der Waals surface area (Å²) in [6.07, 6.45) is 1.84. The fourth-order valence-corrected chi connectivity index (χ4v) is 2.42. The third kappa shape index (κ3) is 1.40. The number of aromatic nitrogens is 3. The highest BCUT2D eigenvalue weighted by molar-refractivity contribution is 5.89. The van der Waals surface area contributed by atoms with Gasteiger partial charge in [0.15, 0.2) is 0 Å². The minimum Gasteiger partial charge on any atom is -0.497 e. The van der Waals surface area contributed by atoms with Crippen molar-refractivity contribution in [2.24, 2.45) is 0 Å². The molecule has 4 aromatic rings. The van der Waals surface area contributed by atoms with Gasteiger partial charge in [-0.25, -0.2) is 9.97 Å². The predicted octanol–water partition coefficient (Wildman–Crippen LogP) is 3.04. The van der Waals surface area contributed by atoms with Gasteiger partial charge in [-0.3, -0.25) is 4.40 Å². The van der Waals surface area contributed by atoms with Crippen LogP contribution in [0.25, 0.3) is 27.7 Å². The molecular formula is C15H11N3O. The van der Waals surface area contributed by atoms with E-state index in [4.69, 9.17) is 4.74 Å². The first-order valence-electron chi connectivity index (χ1n) is 6.07. The van der Waals surface area contributed by atoms with Crippen molar-refractivity contribution in [3.63, 3.8) is 0 Å². The average Bonchev–Trinajstić information content (AvgIpc) is 2.85. The number of hydrogen-bond donors (Lipinski definition) is 0. The Morgan fingerprint density at radius 3 is 2.84 bits per heavy atom. The van der Waals surface area contributed by atoms with Gasteiger partial charge >= 0.3 is 0 Å². The Morgan fingerprint density at radius 1 is 1.05 bits per heavy atom. The topological polar surface area (TPSA) is 39.4 Å². The molecular weight excluding hydrogens is 238 g/mol. The minimum absolute atomic E-state index is 0.710. The molecule has 92 valence electrons. The molecule has 0 aliphatic carbocycles. The summed E-state index contributed by atoms with van der Waals surface area (Å²) in [4.78, 5) is 8.94. The summed E-state index contributed by atoms with van der Waals surface area (Å²) in [7, 11) is 1.67. The lowest BCUT2D eigenvalue weighted by Crippen LogP contribution is -1.92. The van der Waals surface area contributed by atoms with E-state index in [0.717, 1.165) is 27.7 Å². The van der Waals surface area contributed by atoms with E-state index in [0.29, 0.717) is 5.78 Å². The molecule has 4 nitrogen and oxygen atoms in total. The van der Waals surface area contributed by atoms with Crippen LogP contribution in [-0.2, 0) is 0 Å². The van der Waals surface area contributed by atoms with E-state index in [2.05, 4.69) is 20.4 Å². The first-order chi connectivity index (χ1) is 9.36. The number of para-hydroxylation sites is 2. The van der Waals surface area contributed by atoms with Crippen LogP contribution in [0.2, 0.25) is 0 Å². The lowest BCUT2D eigenvalue weighted by molar-refractivity contribution is 0.415. The van der Waals surface area contributed by atoms with Gasteiger partial charge in [-0.05, 0) is 24.3 Å². The van der Waals surface area contributed by atoms with Crippen LogP contribution in [0.3, 0.4) is 0 Å². The van der Waals surface area contributed by atoms with Gasteiger partial charge in [0.05, 0.1) is 23.7 Å². The molecule has 2 aromatic carbocycles. The van der Waals surface area contributed by atoms with E-state index in [1.54, 1.807) is 7.11 Å². The van der Waals surface area contributed by atoms with Gasteiger partial charge < -0.3 is 4.74 Å². The zero-order chi connectivity index (χ0) is 12.8. The van der Waals surface area contributed by atoms with Gasteiger partial charge in [0.1, 0.15) is 5.75 Å². The summed E-state index contributed by atoms with van der Waals surface area (Å²) >= 11 is 0. The molecule has 2 aromatic heterocycles. The highest BCUT2D eigenvalue weighted by atomic mass is 16.5. The molecule has 0 aliphatic heterocycles. The van der Waals surface area contributed by atoms with Crippen LogP contribution < -0.4 is 4.74 Å². The van der Waals surface area contributed by atoms with E-state index in [1.807, 2.05) is 42.6 Å². The molecule has 0 saturated heterocycles. The molecule has 19 heavy (non-hydrogen) atoms. The van der Waals surface area contributed by atoms with Crippen LogP contribution in [0.5, 0.6) is 5.75 Å². The maximum atomic E-state index is 5.31. The highest BCUT2D eigenvalue weighted by Crippen LogP contribution is 2.24. The summed E-state index contributed by atoms with van der Waals surface area (Å²) < 4.78 is 7.37. The summed E-state index contributed by atoms with van der Waals surface area (Å²) in [5.41, 5.74) is 3.06. The Balaban J connectivity index is 2.27. The maximum Gasteiger partial charge on any atom is 0.235 e. The van der Waals surface area contributed by atoms with Crippen molar-refractivity contribution in [3.8, 4) is 5.75 Å². The standard InChI is InChI=1S/C15H11N3O/c1-19-11-7-6-10-9-16-15-17-12-4-2-3-5-13(12)18(15)14(10)8-11/h2-9H,1H3. The number of imidazole rings is 1. The second kappa shape index (κ2) is 3.68. The third-order valence-corrected chi connectivity index (χ3v) is 3.34. The smallest absolute Gasteiger partial charge is 0.235 e. The first kappa shape index (κ1) is 10.3. The third-order valence-electron chi connectivity index (χ3n) is 3.34. The van der Waals surface area contributed by atoms with Gasteiger partial charge in [-0.15, -0.1) is 0 Å². The molecule has 0 fully saturated rings. The maximum absolute atomic E-state index is 5.31. The monoisotopic (exact) mass is 249 g/mol. The highest BCUT2D eigenvalue weighted by Gasteiger charge is 2.08. The molecule has 0 amide bonds. The van der Waals surface area contributed by atoms with Crippen LogP contribution in [0.15, 0.2) is 48.7 Å². The Morgan fingerprint density at radius 2 is 1.95 bits per heavy atom. The van der Waals surface area contributed by atoms with E-state index in [9.17, 15) is 0 Å². The second-order valence-electron chi connectivity index (χ2n) is 4.42. The number of fused-ring (bicyclic) bond motifs is 5. The van der Waals surface area contributed by atoms with E-state index < -0.39 is 0 Å². The van der Waals surface area contributed by atoms with E-state index in [1.165, 1.54) is 0 Å². The van der Waals surface area contributed by atoms with Gasteiger partial charge in [-0.1, -0.05) is 12.1 Å². The van der Waals surface area contributed by atoms with Crippen LogP contribution in [-0.4, -0.2) is 21.5 Å². The number of rotatable bonds is 1. The summed E-state index contributed by atoms with van der Waals surface area (Å²) in [6, 6.07) is 14.0. The van der Waals surface area contributed by atoms with Crippen LogP contribution in [0.1, 0.15) is 0 Å². The average molecular weight is 249 g/mol. The molecule has 0 aliphatic rings. The van der Waals surface area contributed by atoms with Crippen molar-refractivity contribution < 1.29 is 4.74 Å². The van der Waals surface area contributed by atoms with Gasteiger partial charge in [-0.2, -0.15) is 0 Å². The molecule has 0 atom stereocenters. The predicted molar refractivity (Wildman–Crippen MR) is 74.6 cm³/mol. The van der Waals surface area contributed by atoms with Gasteiger partial charge in [0.25, 0.3) is 0 Å². The summed E-state index contributed by atoms with van der Waals surface area (Å²) in [6.45, 7) is 0. The zero-order valence-corrected chi connectivity index (χ0v) is 10.4. The van der Waals surface area contributed by atoms with Crippen molar-refractivity contribution in [2.45, 2.75) is 0 Å². The summed E-state index contributed by atoms with van der Waals surface area (Å²) in [5.74, 6) is 1.54.